The Morgan fingerprint density at radius 1 is 1.50 bits per heavy atom. The third kappa shape index (κ3) is 1.92. The van der Waals surface area contributed by atoms with Crippen LogP contribution in [0.1, 0.15) is 6.92 Å². The molecule has 1 aliphatic rings. The summed E-state index contributed by atoms with van der Waals surface area (Å²) in [5.41, 5.74) is 0. The molecule has 0 aliphatic carbocycles. The zero-order chi connectivity index (χ0) is 7.40. The number of hydrogen-bond donors (Lipinski definition) is 0. The van der Waals surface area contributed by atoms with Gasteiger partial charge in [0.05, 0.1) is 6.61 Å². The van der Waals surface area contributed by atoms with Crippen molar-refractivity contribution in [2.75, 3.05) is 26.1 Å². The SMILES string of the molecule is CS/C(C)=C1\COCCO1. The fraction of sp³-hybridized carbons (Fsp3) is 0.714. The lowest BCUT2D eigenvalue weighted by Crippen LogP contribution is -2.16. The molecule has 0 spiro atoms. The average Bonchev–Trinajstić information content (AvgIpc) is 2.05. The van der Waals surface area contributed by atoms with Gasteiger partial charge in [0.25, 0.3) is 0 Å². The summed E-state index contributed by atoms with van der Waals surface area (Å²) in [6.07, 6.45) is 2.04. The summed E-state index contributed by atoms with van der Waals surface area (Å²) in [6.45, 7) is 4.12. The van der Waals surface area contributed by atoms with E-state index in [-0.39, 0.29) is 0 Å². The van der Waals surface area contributed by atoms with E-state index in [0.717, 1.165) is 12.4 Å². The Balaban J connectivity index is 2.51. The first-order valence-corrected chi connectivity index (χ1v) is 4.51. The van der Waals surface area contributed by atoms with Crippen molar-refractivity contribution in [1.82, 2.24) is 0 Å². The van der Waals surface area contributed by atoms with Crippen LogP contribution in [0.2, 0.25) is 0 Å². The van der Waals surface area contributed by atoms with Crippen LogP contribution in [0.4, 0.5) is 0 Å². The molecule has 1 aliphatic heterocycles. The fourth-order valence-corrected chi connectivity index (χ4v) is 1.09. The summed E-state index contributed by atoms with van der Waals surface area (Å²) in [6, 6.07) is 0. The molecule has 0 atom stereocenters. The van der Waals surface area contributed by atoms with Gasteiger partial charge in [-0.2, -0.15) is 0 Å². The fourth-order valence-electron chi connectivity index (χ4n) is 0.747. The molecule has 2 nitrogen and oxygen atoms in total. The number of allylic oxidation sites excluding steroid dienone is 1. The smallest absolute Gasteiger partial charge is 0.131 e. The quantitative estimate of drug-likeness (QED) is 0.581. The molecule has 0 N–H and O–H groups in total. The van der Waals surface area contributed by atoms with Crippen LogP contribution in [0.3, 0.4) is 0 Å². The largest absolute Gasteiger partial charge is 0.492 e. The minimum atomic E-state index is 0.646. The van der Waals surface area contributed by atoms with Gasteiger partial charge in [-0.05, 0) is 13.2 Å². The lowest BCUT2D eigenvalue weighted by atomic mass is 10.4. The van der Waals surface area contributed by atoms with Crippen molar-refractivity contribution in [2.45, 2.75) is 6.92 Å². The molecule has 58 valence electrons. The van der Waals surface area contributed by atoms with Crippen LogP contribution in [0.25, 0.3) is 0 Å². The van der Waals surface area contributed by atoms with Crippen LogP contribution in [-0.4, -0.2) is 26.1 Å². The van der Waals surface area contributed by atoms with Gasteiger partial charge in [0.2, 0.25) is 0 Å². The van der Waals surface area contributed by atoms with Crippen LogP contribution >= 0.6 is 11.8 Å². The molecule has 0 unspecified atom stereocenters. The summed E-state index contributed by atoms with van der Waals surface area (Å²) in [5, 5.41) is 0. The predicted molar refractivity (Wildman–Crippen MR) is 43.0 cm³/mol. The Bertz CT molecular complexity index is 135. The molecule has 1 heterocycles. The Labute approximate surface area is 65.6 Å². The summed E-state index contributed by atoms with van der Waals surface area (Å²) in [4.78, 5) is 1.22. The maximum absolute atomic E-state index is 5.36. The minimum absolute atomic E-state index is 0.646. The van der Waals surface area contributed by atoms with Crippen molar-refractivity contribution in [3.05, 3.63) is 10.7 Å². The summed E-state index contributed by atoms with van der Waals surface area (Å²) >= 11 is 1.71. The standard InChI is InChI=1S/C7H12O2S/c1-6(10-2)7-5-8-3-4-9-7/h3-5H2,1-2H3/b7-6+. The van der Waals surface area contributed by atoms with Gasteiger partial charge >= 0.3 is 0 Å². The maximum Gasteiger partial charge on any atom is 0.131 e. The van der Waals surface area contributed by atoms with E-state index in [2.05, 4.69) is 6.92 Å². The zero-order valence-electron chi connectivity index (χ0n) is 6.35. The van der Waals surface area contributed by atoms with E-state index in [1.54, 1.807) is 11.8 Å². The molecule has 1 fully saturated rings. The summed E-state index contributed by atoms with van der Waals surface area (Å²) in [7, 11) is 0. The average molecular weight is 160 g/mol. The summed E-state index contributed by atoms with van der Waals surface area (Å²) < 4.78 is 10.6. The molecule has 10 heavy (non-hydrogen) atoms. The number of rotatable bonds is 1. The first kappa shape index (κ1) is 7.95. The van der Waals surface area contributed by atoms with Crippen LogP contribution < -0.4 is 0 Å². The lowest BCUT2D eigenvalue weighted by Gasteiger charge is -2.18. The molecule has 0 aromatic heterocycles. The van der Waals surface area contributed by atoms with Crippen molar-refractivity contribution in [3.63, 3.8) is 0 Å². The highest BCUT2D eigenvalue weighted by molar-refractivity contribution is 8.02. The van der Waals surface area contributed by atoms with E-state index in [1.807, 2.05) is 6.26 Å². The topological polar surface area (TPSA) is 18.5 Å². The second-order valence-electron chi connectivity index (χ2n) is 2.08. The van der Waals surface area contributed by atoms with Gasteiger partial charge < -0.3 is 9.47 Å². The Morgan fingerprint density at radius 2 is 2.30 bits per heavy atom. The maximum atomic E-state index is 5.36. The molecule has 0 amide bonds. The molecule has 0 aromatic rings. The minimum Gasteiger partial charge on any atom is -0.492 e. The number of hydrogen-bond acceptors (Lipinski definition) is 3. The molecular formula is C7H12O2S. The van der Waals surface area contributed by atoms with E-state index in [1.165, 1.54) is 4.91 Å². The molecule has 3 heteroatoms. The first-order chi connectivity index (χ1) is 4.84. The van der Waals surface area contributed by atoms with Gasteiger partial charge in [-0.1, -0.05) is 0 Å². The molecule has 1 rings (SSSR count). The van der Waals surface area contributed by atoms with Crippen LogP contribution in [0.15, 0.2) is 10.7 Å². The normalized spacial score (nSPS) is 23.8. The molecule has 1 saturated heterocycles. The highest BCUT2D eigenvalue weighted by Gasteiger charge is 2.08. The third-order valence-corrected chi connectivity index (χ3v) is 2.28. The molecular weight excluding hydrogens is 148 g/mol. The van der Waals surface area contributed by atoms with Crippen LogP contribution in [0, 0.1) is 0 Å². The van der Waals surface area contributed by atoms with Gasteiger partial charge in [-0.3, -0.25) is 0 Å². The van der Waals surface area contributed by atoms with Crippen molar-refractivity contribution < 1.29 is 9.47 Å². The van der Waals surface area contributed by atoms with Gasteiger partial charge in [0.15, 0.2) is 0 Å². The van der Waals surface area contributed by atoms with Gasteiger partial charge in [-0.15, -0.1) is 11.8 Å². The van der Waals surface area contributed by atoms with Crippen molar-refractivity contribution in [2.24, 2.45) is 0 Å². The molecule has 0 saturated carbocycles. The Kier molecular flexibility index (Phi) is 3.09. The zero-order valence-corrected chi connectivity index (χ0v) is 7.16. The molecule has 0 aromatic carbocycles. The van der Waals surface area contributed by atoms with E-state index in [4.69, 9.17) is 9.47 Å². The van der Waals surface area contributed by atoms with E-state index >= 15 is 0 Å². The van der Waals surface area contributed by atoms with Crippen molar-refractivity contribution in [1.29, 1.82) is 0 Å². The van der Waals surface area contributed by atoms with E-state index in [9.17, 15) is 0 Å². The van der Waals surface area contributed by atoms with Crippen molar-refractivity contribution in [3.8, 4) is 0 Å². The van der Waals surface area contributed by atoms with E-state index in [0.29, 0.717) is 13.2 Å². The first-order valence-electron chi connectivity index (χ1n) is 3.29. The second-order valence-corrected chi connectivity index (χ2v) is 3.11. The van der Waals surface area contributed by atoms with Crippen molar-refractivity contribution >= 4 is 11.8 Å². The van der Waals surface area contributed by atoms with E-state index < -0.39 is 0 Å². The van der Waals surface area contributed by atoms with Gasteiger partial charge in [0, 0.05) is 4.91 Å². The Morgan fingerprint density at radius 3 is 2.80 bits per heavy atom. The number of ether oxygens (including phenoxy) is 2. The third-order valence-electron chi connectivity index (χ3n) is 1.44. The summed E-state index contributed by atoms with van der Waals surface area (Å²) in [5.74, 6) is 0.999. The van der Waals surface area contributed by atoms with Crippen LogP contribution in [-0.2, 0) is 9.47 Å². The molecule has 0 bridgehead atoms. The monoisotopic (exact) mass is 160 g/mol. The highest BCUT2D eigenvalue weighted by atomic mass is 32.2. The Hall–Kier alpha value is -0.150. The molecule has 0 radical (unpaired) electrons. The number of thioether (sulfide) groups is 1. The predicted octanol–water partition coefficient (Wildman–Crippen LogP) is 1.63. The van der Waals surface area contributed by atoms with Gasteiger partial charge in [0.1, 0.15) is 19.0 Å². The second kappa shape index (κ2) is 3.88. The highest BCUT2D eigenvalue weighted by Crippen LogP contribution is 2.18. The van der Waals surface area contributed by atoms with Gasteiger partial charge in [-0.25, -0.2) is 0 Å². The lowest BCUT2D eigenvalue weighted by molar-refractivity contribution is 0.0127. The van der Waals surface area contributed by atoms with Crippen LogP contribution in [0.5, 0.6) is 0 Å².